The van der Waals surface area contributed by atoms with Gasteiger partial charge in [-0.1, -0.05) is 6.92 Å². The molecular weight excluding hydrogens is 248 g/mol. The number of aromatic amines is 1. The Hall–Kier alpha value is -2.44. The van der Waals surface area contributed by atoms with Crippen molar-refractivity contribution in [2.45, 2.75) is 25.8 Å². The van der Waals surface area contributed by atoms with Crippen LogP contribution in [0.1, 0.15) is 30.1 Å². The molecule has 1 aromatic heterocycles. The lowest BCUT2D eigenvalue weighted by Gasteiger charge is -2.14. The summed E-state index contributed by atoms with van der Waals surface area (Å²) in [5, 5.41) is 21.7. The van der Waals surface area contributed by atoms with Gasteiger partial charge in [-0.15, -0.1) is 0 Å². The minimum absolute atomic E-state index is 0.0888. The number of rotatable bonds is 5. The molecule has 0 spiro atoms. The number of nitrogens with one attached hydrogen (secondary N) is 2. The Bertz CT molecular complexity index is 608. The third-order valence-electron chi connectivity index (χ3n) is 2.83. The van der Waals surface area contributed by atoms with Crippen molar-refractivity contribution in [3.63, 3.8) is 0 Å². The largest absolute Gasteiger partial charge is 0.481 e. The number of fused-ring (bicyclic) bond motifs is 1. The zero-order valence-corrected chi connectivity index (χ0v) is 10.4. The van der Waals surface area contributed by atoms with E-state index >= 15 is 0 Å². The summed E-state index contributed by atoms with van der Waals surface area (Å²) in [5.74, 6) is -1.24. The Morgan fingerprint density at radius 1 is 1.37 bits per heavy atom. The molecule has 2 rings (SSSR count). The Labute approximate surface area is 109 Å². The molecule has 7 heteroatoms. The highest BCUT2D eigenvalue weighted by molar-refractivity contribution is 5.97. The molecule has 1 heterocycles. The van der Waals surface area contributed by atoms with Crippen LogP contribution in [-0.4, -0.2) is 38.4 Å². The van der Waals surface area contributed by atoms with E-state index in [1.54, 1.807) is 18.2 Å². The first kappa shape index (κ1) is 13.0. The molecule has 0 aliphatic rings. The summed E-state index contributed by atoms with van der Waals surface area (Å²) in [6, 6.07) is 4.55. The maximum Gasteiger partial charge on any atom is 0.305 e. The van der Waals surface area contributed by atoms with Gasteiger partial charge in [-0.2, -0.15) is 15.4 Å². The number of H-pyrrole nitrogens is 1. The van der Waals surface area contributed by atoms with Crippen LogP contribution in [0.4, 0.5) is 0 Å². The van der Waals surface area contributed by atoms with E-state index in [9.17, 15) is 9.59 Å². The van der Waals surface area contributed by atoms with Crippen LogP contribution in [0, 0.1) is 0 Å². The van der Waals surface area contributed by atoms with Crippen molar-refractivity contribution in [1.82, 2.24) is 20.7 Å². The highest BCUT2D eigenvalue weighted by atomic mass is 16.4. The van der Waals surface area contributed by atoms with Crippen LogP contribution in [0.15, 0.2) is 18.2 Å². The Morgan fingerprint density at radius 3 is 2.79 bits per heavy atom. The van der Waals surface area contributed by atoms with Gasteiger partial charge in [0.15, 0.2) is 0 Å². The standard InChI is InChI=1S/C12H14N4O3/c1-2-8(6-11(17)18)13-12(19)7-3-4-9-10(5-7)15-16-14-9/h3-5,8H,2,6H2,1H3,(H,13,19)(H,17,18)(H,14,15,16). The van der Waals surface area contributed by atoms with Crippen molar-refractivity contribution in [3.05, 3.63) is 23.8 Å². The van der Waals surface area contributed by atoms with E-state index in [-0.39, 0.29) is 18.4 Å². The molecule has 0 aliphatic carbocycles. The molecule has 7 nitrogen and oxygen atoms in total. The van der Waals surface area contributed by atoms with Gasteiger partial charge < -0.3 is 10.4 Å². The zero-order chi connectivity index (χ0) is 13.8. The van der Waals surface area contributed by atoms with Crippen molar-refractivity contribution in [1.29, 1.82) is 0 Å². The molecule has 1 aromatic carbocycles. The third-order valence-corrected chi connectivity index (χ3v) is 2.83. The summed E-state index contributed by atoms with van der Waals surface area (Å²) in [5.41, 5.74) is 1.71. The molecule has 1 unspecified atom stereocenters. The summed E-state index contributed by atoms with van der Waals surface area (Å²) in [7, 11) is 0. The number of carboxylic acid groups (broad SMARTS) is 1. The monoisotopic (exact) mass is 262 g/mol. The number of hydrogen-bond acceptors (Lipinski definition) is 4. The van der Waals surface area contributed by atoms with Crippen molar-refractivity contribution in [3.8, 4) is 0 Å². The van der Waals surface area contributed by atoms with Crippen LogP contribution in [-0.2, 0) is 4.79 Å². The first-order valence-corrected chi connectivity index (χ1v) is 5.93. The van der Waals surface area contributed by atoms with E-state index in [4.69, 9.17) is 5.11 Å². The van der Waals surface area contributed by atoms with Gasteiger partial charge in [0, 0.05) is 11.6 Å². The Morgan fingerprint density at radius 2 is 2.11 bits per heavy atom. The average molecular weight is 262 g/mol. The maximum absolute atomic E-state index is 12.0. The van der Waals surface area contributed by atoms with Gasteiger partial charge in [-0.3, -0.25) is 9.59 Å². The number of hydrogen-bond donors (Lipinski definition) is 3. The van der Waals surface area contributed by atoms with E-state index in [1.807, 2.05) is 6.92 Å². The fourth-order valence-corrected chi connectivity index (χ4v) is 1.76. The van der Waals surface area contributed by atoms with E-state index in [2.05, 4.69) is 20.7 Å². The lowest BCUT2D eigenvalue weighted by atomic mass is 10.1. The van der Waals surface area contributed by atoms with Crippen molar-refractivity contribution < 1.29 is 14.7 Å². The second-order valence-corrected chi connectivity index (χ2v) is 4.20. The molecule has 19 heavy (non-hydrogen) atoms. The van der Waals surface area contributed by atoms with Crippen LogP contribution in [0.2, 0.25) is 0 Å². The van der Waals surface area contributed by atoms with Gasteiger partial charge in [0.05, 0.1) is 6.42 Å². The minimum Gasteiger partial charge on any atom is -0.481 e. The second-order valence-electron chi connectivity index (χ2n) is 4.20. The minimum atomic E-state index is -0.931. The lowest BCUT2D eigenvalue weighted by molar-refractivity contribution is -0.137. The van der Waals surface area contributed by atoms with Crippen LogP contribution in [0.5, 0.6) is 0 Å². The predicted octanol–water partition coefficient (Wildman–Crippen LogP) is 0.941. The molecule has 0 aliphatic heterocycles. The molecule has 1 amide bonds. The molecule has 100 valence electrons. The number of aromatic nitrogens is 3. The fraction of sp³-hybridized carbons (Fsp3) is 0.333. The van der Waals surface area contributed by atoms with Crippen molar-refractivity contribution in [2.24, 2.45) is 0 Å². The van der Waals surface area contributed by atoms with E-state index in [0.717, 1.165) is 0 Å². The number of benzene rings is 1. The molecule has 0 radical (unpaired) electrons. The highest BCUT2D eigenvalue weighted by Crippen LogP contribution is 2.11. The topological polar surface area (TPSA) is 108 Å². The maximum atomic E-state index is 12.0. The summed E-state index contributed by atoms with van der Waals surface area (Å²) in [6.45, 7) is 1.83. The predicted molar refractivity (Wildman–Crippen MR) is 67.7 cm³/mol. The van der Waals surface area contributed by atoms with Crippen molar-refractivity contribution in [2.75, 3.05) is 0 Å². The number of carboxylic acids is 1. The van der Waals surface area contributed by atoms with Gasteiger partial charge in [-0.25, -0.2) is 0 Å². The van der Waals surface area contributed by atoms with E-state index in [0.29, 0.717) is 23.0 Å². The van der Waals surface area contributed by atoms with Crippen LogP contribution in [0.25, 0.3) is 11.0 Å². The molecule has 0 saturated carbocycles. The van der Waals surface area contributed by atoms with Gasteiger partial charge >= 0.3 is 5.97 Å². The number of carbonyl (C=O) groups is 2. The van der Waals surface area contributed by atoms with Crippen LogP contribution < -0.4 is 5.32 Å². The number of carbonyl (C=O) groups excluding carboxylic acids is 1. The van der Waals surface area contributed by atoms with Crippen LogP contribution >= 0.6 is 0 Å². The fourth-order valence-electron chi connectivity index (χ4n) is 1.76. The quantitative estimate of drug-likeness (QED) is 0.743. The van der Waals surface area contributed by atoms with Gasteiger partial charge in [0.2, 0.25) is 0 Å². The molecular formula is C12H14N4O3. The lowest BCUT2D eigenvalue weighted by Crippen LogP contribution is -2.36. The van der Waals surface area contributed by atoms with Gasteiger partial charge in [0.25, 0.3) is 5.91 Å². The van der Waals surface area contributed by atoms with E-state index in [1.165, 1.54) is 0 Å². The average Bonchev–Trinajstić information content (AvgIpc) is 2.84. The first-order valence-electron chi connectivity index (χ1n) is 5.93. The number of amides is 1. The van der Waals surface area contributed by atoms with Gasteiger partial charge in [-0.05, 0) is 24.6 Å². The molecule has 0 saturated heterocycles. The smallest absolute Gasteiger partial charge is 0.305 e. The SMILES string of the molecule is CCC(CC(=O)O)NC(=O)c1ccc2n[nH]nc2c1. The van der Waals surface area contributed by atoms with E-state index < -0.39 is 5.97 Å². The molecule has 1 atom stereocenters. The highest BCUT2D eigenvalue weighted by Gasteiger charge is 2.15. The zero-order valence-electron chi connectivity index (χ0n) is 10.4. The Balaban J connectivity index is 2.11. The van der Waals surface area contributed by atoms with Gasteiger partial charge in [0.1, 0.15) is 11.0 Å². The molecule has 2 aromatic rings. The summed E-state index contributed by atoms with van der Waals surface area (Å²) in [6.07, 6.45) is 0.471. The summed E-state index contributed by atoms with van der Waals surface area (Å²) in [4.78, 5) is 22.7. The third kappa shape index (κ3) is 3.06. The molecule has 0 bridgehead atoms. The summed E-state index contributed by atoms with van der Waals surface area (Å²) < 4.78 is 0. The number of aliphatic carboxylic acids is 1. The normalized spacial score (nSPS) is 12.3. The van der Waals surface area contributed by atoms with Crippen LogP contribution in [0.3, 0.4) is 0 Å². The Kier molecular flexibility index (Phi) is 3.74. The summed E-state index contributed by atoms with van der Waals surface area (Å²) >= 11 is 0. The van der Waals surface area contributed by atoms with Crippen molar-refractivity contribution >= 4 is 22.9 Å². The molecule has 0 fully saturated rings. The first-order chi connectivity index (χ1) is 9.10. The second kappa shape index (κ2) is 5.47. The number of nitrogens with zero attached hydrogens (tertiary/aromatic N) is 2. The molecule has 3 N–H and O–H groups in total.